The Kier molecular flexibility index (Phi) is 15.8. The van der Waals surface area contributed by atoms with Crippen molar-refractivity contribution < 1.29 is 46.2 Å². The van der Waals surface area contributed by atoms with E-state index in [0.29, 0.717) is 0 Å². The summed E-state index contributed by atoms with van der Waals surface area (Å²) in [6.45, 7) is 6.77. The predicted molar refractivity (Wildman–Crippen MR) is 134 cm³/mol. The van der Waals surface area contributed by atoms with Crippen molar-refractivity contribution in [2.24, 2.45) is 23.5 Å². The number of hydrogen-bond donors (Lipinski definition) is 1. The van der Waals surface area contributed by atoms with E-state index >= 15 is 0 Å². The van der Waals surface area contributed by atoms with Crippen LogP contribution in [0.5, 0.6) is 0 Å². The smallest absolute Gasteiger partial charge is 0.322 e. The summed E-state index contributed by atoms with van der Waals surface area (Å²) in [5, 5.41) is 0. The second kappa shape index (κ2) is 17.0. The first-order valence-corrected chi connectivity index (χ1v) is 12.4. The van der Waals surface area contributed by atoms with E-state index in [1.807, 2.05) is 6.07 Å². The maximum atomic E-state index is 14.0. The summed E-state index contributed by atoms with van der Waals surface area (Å²) in [6.07, 6.45) is -2.42. The molecule has 218 valence electrons. The van der Waals surface area contributed by atoms with Gasteiger partial charge in [0.2, 0.25) is 5.92 Å². The maximum absolute atomic E-state index is 14.0. The number of rotatable bonds is 14. The van der Waals surface area contributed by atoms with E-state index in [1.54, 1.807) is 52.0 Å². The van der Waals surface area contributed by atoms with Gasteiger partial charge in [-0.05, 0) is 17.4 Å². The Morgan fingerprint density at radius 1 is 0.789 bits per heavy atom. The van der Waals surface area contributed by atoms with Crippen LogP contribution in [0.3, 0.4) is 0 Å². The highest BCUT2D eigenvalue weighted by Gasteiger charge is 2.38. The molecule has 0 saturated heterocycles. The predicted octanol–water partition coefficient (Wildman–Crippen LogP) is 5.54. The van der Waals surface area contributed by atoms with Crippen molar-refractivity contribution in [3.63, 3.8) is 0 Å². The monoisotopic (exact) mass is 551 g/mol. The Morgan fingerprint density at radius 2 is 1.26 bits per heavy atom. The molecule has 38 heavy (non-hydrogen) atoms. The van der Waals surface area contributed by atoms with E-state index in [-0.39, 0.29) is 31.3 Å². The first-order chi connectivity index (χ1) is 17.5. The second-order valence-corrected chi connectivity index (χ2v) is 10.0. The van der Waals surface area contributed by atoms with Crippen molar-refractivity contribution in [3.8, 4) is 0 Å². The second-order valence-electron chi connectivity index (χ2n) is 10.0. The van der Waals surface area contributed by atoms with Crippen molar-refractivity contribution >= 4 is 17.9 Å². The average molecular weight is 552 g/mol. The lowest BCUT2D eigenvalue weighted by molar-refractivity contribution is -0.157. The van der Waals surface area contributed by atoms with Crippen LogP contribution in [-0.2, 0) is 35.2 Å². The molecule has 0 radical (unpaired) electrons. The van der Waals surface area contributed by atoms with E-state index < -0.39 is 61.0 Å². The Bertz CT molecular complexity index is 849. The third-order valence-corrected chi connectivity index (χ3v) is 5.17. The summed E-state index contributed by atoms with van der Waals surface area (Å²) >= 11 is 0. The summed E-state index contributed by atoms with van der Waals surface area (Å²) < 4.78 is 68.1. The summed E-state index contributed by atoms with van der Waals surface area (Å²) in [4.78, 5) is 34.4. The number of carbonyl (C=O) groups is 3. The quantitative estimate of drug-likeness (QED) is 0.184. The minimum absolute atomic E-state index is 0.0377. The fraction of sp³-hybridized carbons (Fsp3) is 0.667. The first-order valence-electron chi connectivity index (χ1n) is 12.4. The van der Waals surface area contributed by atoms with Gasteiger partial charge in [-0.3, -0.25) is 14.4 Å². The van der Waals surface area contributed by atoms with Crippen molar-refractivity contribution in [2.75, 3.05) is 14.2 Å². The van der Waals surface area contributed by atoms with Crippen LogP contribution in [0.1, 0.15) is 65.4 Å². The third kappa shape index (κ3) is 16.2. The molecule has 2 N–H and O–H groups in total. The van der Waals surface area contributed by atoms with Crippen LogP contribution in [0, 0.1) is 17.8 Å². The number of halogens is 4. The molecule has 0 aromatic heterocycles. The lowest BCUT2D eigenvalue weighted by Crippen LogP contribution is -2.38. The van der Waals surface area contributed by atoms with Crippen molar-refractivity contribution in [2.45, 2.75) is 84.3 Å². The number of hydrogen-bond acceptors (Lipinski definition) is 7. The molecule has 0 aliphatic rings. The fourth-order valence-electron chi connectivity index (χ4n) is 3.68. The molecule has 1 aromatic carbocycles. The van der Waals surface area contributed by atoms with Gasteiger partial charge in [-0.1, -0.05) is 58.0 Å². The van der Waals surface area contributed by atoms with Gasteiger partial charge in [0, 0.05) is 25.7 Å². The summed E-state index contributed by atoms with van der Waals surface area (Å²) in [5.74, 6) is -9.82. The van der Waals surface area contributed by atoms with Crippen molar-refractivity contribution in [3.05, 3.63) is 35.9 Å². The van der Waals surface area contributed by atoms with Crippen molar-refractivity contribution in [1.82, 2.24) is 0 Å². The molecule has 0 aliphatic carbocycles. The highest BCUT2D eigenvalue weighted by molar-refractivity contribution is 5.80. The van der Waals surface area contributed by atoms with Gasteiger partial charge in [0.05, 0.1) is 26.6 Å². The molecule has 0 bridgehead atoms. The lowest BCUT2D eigenvalue weighted by Gasteiger charge is -2.22. The number of nitrogens with two attached hydrogens (primary N) is 1. The normalized spacial score (nSPS) is 13.3. The van der Waals surface area contributed by atoms with Crippen LogP contribution in [0.15, 0.2) is 30.3 Å². The van der Waals surface area contributed by atoms with Gasteiger partial charge < -0.3 is 19.9 Å². The molecule has 0 amide bonds. The number of methoxy groups -OCH3 is 2. The van der Waals surface area contributed by atoms with E-state index in [1.165, 1.54) is 0 Å². The van der Waals surface area contributed by atoms with Crippen molar-refractivity contribution in [1.29, 1.82) is 0 Å². The molecule has 1 aromatic rings. The highest BCUT2D eigenvalue weighted by atomic mass is 19.3. The topological polar surface area (TPSA) is 105 Å². The molecule has 2 atom stereocenters. The number of alkyl halides is 4. The SMILES string of the molecule is COC(=O)[C@@H](CC(=O)OCc1ccccc1)CC(F)(F)CC(C)C.COC(=O)[C@@H](N)CC(F)(F)CC(C)C. The summed E-state index contributed by atoms with van der Waals surface area (Å²) in [5.41, 5.74) is 6.02. The van der Waals surface area contributed by atoms with Crippen LogP contribution in [0.4, 0.5) is 17.6 Å². The molecule has 7 nitrogen and oxygen atoms in total. The Labute approximate surface area is 222 Å². The molecule has 0 fully saturated rings. The lowest BCUT2D eigenvalue weighted by atomic mass is 9.92. The Balaban J connectivity index is 0.000000835. The summed E-state index contributed by atoms with van der Waals surface area (Å²) in [6, 6.07) is 7.74. The molecule has 0 aliphatic heterocycles. The van der Waals surface area contributed by atoms with Crippen LogP contribution < -0.4 is 5.73 Å². The van der Waals surface area contributed by atoms with Gasteiger partial charge in [-0.2, -0.15) is 0 Å². The summed E-state index contributed by atoms with van der Waals surface area (Å²) in [7, 11) is 2.24. The largest absolute Gasteiger partial charge is 0.469 e. The van der Waals surface area contributed by atoms with E-state index in [0.717, 1.165) is 19.8 Å². The number of benzene rings is 1. The Hall–Kier alpha value is -2.69. The molecule has 0 unspecified atom stereocenters. The molecule has 0 saturated carbocycles. The van der Waals surface area contributed by atoms with Gasteiger partial charge in [-0.25, -0.2) is 17.6 Å². The molecule has 11 heteroatoms. The Morgan fingerprint density at radius 3 is 1.71 bits per heavy atom. The van der Waals surface area contributed by atoms with E-state index in [4.69, 9.17) is 10.5 Å². The average Bonchev–Trinajstić information content (AvgIpc) is 2.80. The van der Waals surface area contributed by atoms with Crippen LogP contribution >= 0.6 is 0 Å². The van der Waals surface area contributed by atoms with Gasteiger partial charge in [0.1, 0.15) is 12.6 Å². The standard InChI is InChI=1S/C18H24F2O4.C9H17F2NO2/c1-13(2)10-18(19,20)11-15(17(22)23-3)9-16(21)24-12-14-7-5-4-6-8-14;1-6(2)4-9(10,11)5-7(12)8(13)14-3/h4-8,13,15H,9-12H2,1-3H3;6-7H,4-5,12H2,1-3H3/t15-;7-/m00/s1. The number of ether oxygens (including phenoxy) is 3. The van der Waals surface area contributed by atoms with Gasteiger partial charge in [0.15, 0.2) is 0 Å². The number of carbonyl (C=O) groups excluding carboxylic acids is 3. The van der Waals surface area contributed by atoms with E-state index in [9.17, 15) is 31.9 Å². The van der Waals surface area contributed by atoms with Crippen LogP contribution in [-0.4, -0.2) is 50.0 Å². The molecule has 0 heterocycles. The fourth-order valence-corrected chi connectivity index (χ4v) is 3.68. The molecule has 1 rings (SSSR count). The minimum Gasteiger partial charge on any atom is -0.469 e. The van der Waals surface area contributed by atoms with E-state index in [2.05, 4.69) is 9.47 Å². The molecular formula is C27H41F4NO6. The number of esters is 3. The van der Waals surface area contributed by atoms with Gasteiger partial charge in [-0.15, -0.1) is 0 Å². The van der Waals surface area contributed by atoms with Gasteiger partial charge in [0.25, 0.3) is 5.92 Å². The molecule has 0 spiro atoms. The minimum atomic E-state index is -3.03. The third-order valence-electron chi connectivity index (χ3n) is 5.17. The molecular weight excluding hydrogens is 510 g/mol. The highest BCUT2D eigenvalue weighted by Crippen LogP contribution is 2.32. The van der Waals surface area contributed by atoms with Crippen LogP contribution in [0.2, 0.25) is 0 Å². The van der Waals surface area contributed by atoms with Gasteiger partial charge >= 0.3 is 17.9 Å². The first kappa shape index (κ1) is 35.3. The van der Waals surface area contributed by atoms with Crippen LogP contribution in [0.25, 0.3) is 0 Å². The zero-order valence-corrected chi connectivity index (χ0v) is 23.0. The maximum Gasteiger partial charge on any atom is 0.322 e. The zero-order valence-electron chi connectivity index (χ0n) is 23.0. The zero-order chi connectivity index (χ0) is 29.5.